The summed E-state index contributed by atoms with van der Waals surface area (Å²) >= 11 is 0. The summed E-state index contributed by atoms with van der Waals surface area (Å²) in [7, 11) is 0. The van der Waals surface area contributed by atoms with Crippen LogP contribution in [0.1, 0.15) is 28.1 Å². The van der Waals surface area contributed by atoms with Crippen molar-refractivity contribution in [1.82, 2.24) is 4.57 Å². The third-order valence-corrected chi connectivity index (χ3v) is 3.53. The summed E-state index contributed by atoms with van der Waals surface area (Å²) in [6, 6.07) is 10.5. The third kappa shape index (κ3) is 2.95. The van der Waals surface area contributed by atoms with E-state index in [9.17, 15) is 0 Å². The lowest BCUT2D eigenvalue weighted by Gasteiger charge is -2.11. The smallest absolute Gasteiger partial charge is 0.101 e. The van der Waals surface area contributed by atoms with E-state index in [4.69, 9.17) is 10.7 Å². The zero-order chi connectivity index (χ0) is 15.6. The molecule has 0 amide bonds. The molecular formula is C18H19N3. The van der Waals surface area contributed by atoms with Gasteiger partial charge in [0.15, 0.2) is 0 Å². The average Bonchev–Trinajstić information content (AvgIpc) is 2.69. The van der Waals surface area contributed by atoms with Crippen molar-refractivity contribution in [2.45, 2.75) is 27.7 Å². The van der Waals surface area contributed by atoms with E-state index in [1.165, 1.54) is 11.1 Å². The molecule has 0 fully saturated rings. The summed E-state index contributed by atoms with van der Waals surface area (Å²) in [5.41, 5.74) is 7.12. The van der Waals surface area contributed by atoms with Crippen LogP contribution in [0.2, 0.25) is 0 Å². The van der Waals surface area contributed by atoms with Crippen LogP contribution in [-0.4, -0.2) is 10.8 Å². The number of aromatic nitrogens is 1. The first-order valence-corrected chi connectivity index (χ1v) is 6.86. The number of allylic oxidation sites excluding steroid dienone is 1. The van der Waals surface area contributed by atoms with Gasteiger partial charge in [-0.25, -0.2) is 0 Å². The summed E-state index contributed by atoms with van der Waals surface area (Å²) in [5.74, 6) is 0. The molecule has 0 spiro atoms. The fraction of sp³-hybridized carbons (Fsp3) is 0.222. The highest BCUT2D eigenvalue weighted by Gasteiger charge is 2.10. The number of rotatable bonds is 3. The monoisotopic (exact) mass is 277 g/mol. The van der Waals surface area contributed by atoms with Crippen molar-refractivity contribution >= 4 is 12.3 Å². The normalized spacial score (nSPS) is 11.3. The van der Waals surface area contributed by atoms with Gasteiger partial charge in [0.1, 0.15) is 6.07 Å². The molecule has 3 heteroatoms. The Morgan fingerprint density at radius 1 is 1.10 bits per heavy atom. The largest absolute Gasteiger partial charge is 0.318 e. The lowest BCUT2D eigenvalue weighted by Crippen LogP contribution is -2.00. The molecule has 0 saturated carbocycles. The van der Waals surface area contributed by atoms with Crippen molar-refractivity contribution in [3.05, 3.63) is 57.9 Å². The topological polar surface area (TPSA) is 52.6 Å². The quantitative estimate of drug-likeness (QED) is 0.661. The predicted molar refractivity (Wildman–Crippen MR) is 87.1 cm³/mol. The Balaban J connectivity index is 2.62. The van der Waals surface area contributed by atoms with E-state index in [1.807, 2.05) is 19.1 Å². The maximum Gasteiger partial charge on any atom is 0.101 e. The highest BCUT2D eigenvalue weighted by molar-refractivity contribution is 5.88. The molecule has 3 nitrogen and oxygen atoms in total. The molecule has 0 saturated heterocycles. The number of nitrogens with one attached hydrogen (secondary N) is 1. The van der Waals surface area contributed by atoms with Gasteiger partial charge in [0.2, 0.25) is 0 Å². The van der Waals surface area contributed by atoms with Gasteiger partial charge in [-0.1, -0.05) is 6.07 Å². The zero-order valence-electron chi connectivity index (χ0n) is 12.9. The van der Waals surface area contributed by atoms with E-state index in [-0.39, 0.29) is 0 Å². The number of nitrogens with zero attached hydrogens (tertiary/aromatic N) is 2. The van der Waals surface area contributed by atoms with Gasteiger partial charge in [0.25, 0.3) is 0 Å². The van der Waals surface area contributed by atoms with Gasteiger partial charge in [-0.15, -0.1) is 0 Å². The molecule has 21 heavy (non-hydrogen) atoms. The van der Waals surface area contributed by atoms with Crippen molar-refractivity contribution in [1.29, 1.82) is 10.7 Å². The van der Waals surface area contributed by atoms with Crippen molar-refractivity contribution in [2.24, 2.45) is 0 Å². The number of hydrogen-bond acceptors (Lipinski definition) is 2. The molecule has 0 radical (unpaired) electrons. The zero-order valence-corrected chi connectivity index (χ0v) is 12.9. The highest BCUT2D eigenvalue weighted by atomic mass is 15.0. The molecular weight excluding hydrogens is 258 g/mol. The van der Waals surface area contributed by atoms with Gasteiger partial charge in [0, 0.05) is 23.3 Å². The fourth-order valence-electron chi connectivity index (χ4n) is 2.68. The number of hydrogen-bond donors (Lipinski definition) is 1. The Kier molecular flexibility index (Phi) is 4.09. The summed E-state index contributed by atoms with van der Waals surface area (Å²) in [6.45, 7) is 8.27. The second-order valence-corrected chi connectivity index (χ2v) is 5.36. The molecule has 1 heterocycles. The molecule has 0 unspecified atom stereocenters. The molecule has 2 rings (SSSR count). The van der Waals surface area contributed by atoms with Crippen LogP contribution in [0.3, 0.4) is 0 Å². The lowest BCUT2D eigenvalue weighted by molar-refractivity contribution is 0.960. The highest BCUT2D eigenvalue weighted by Crippen LogP contribution is 2.24. The van der Waals surface area contributed by atoms with Crippen molar-refractivity contribution in [3.8, 4) is 11.8 Å². The van der Waals surface area contributed by atoms with Gasteiger partial charge < -0.3 is 9.98 Å². The lowest BCUT2D eigenvalue weighted by atomic mass is 10.1. The van der Waals surface area contributed by atoms with E-state index in [0.29, 0.717) is 5.57 Å². The summed E-state index contributed by atoms with van der Waals surface area (Å²) < 4.78 is 2.19. The Morgan fingerprint density at radius 3 is 2.24 bits per heavy atom. The van der Waals surface area contributed by atoms with Crippen LogP contribution in [0.15, 0.2) is 29.8 Å². The minimum absolute atomic E-state index is 0.357. The van der Waals surface area contributed by atoms with Crippen LogP contribution in [0.25, 0.3) is 11.8 Å². The molecule has 2 aromatic rings. The Labute approximate surface area is 125 Å². The first kappa shape index (κ1) is 14.8. The molecule has 0 aliphatic rings. The number of benzene rings is 1. The third-order valence-electron chi connectivity index (χ3n) is 3.53. The van der Waals surface area contributed by atoms with Crippen LogP contribution in [0.5, 0.6) is 0 Å². The van der Waals surface area contributed by atoms with Gasteiger partial charge >= 0.3 is 0 Å². The van der Waals surface area contributed by atoms with Crippen LogP contribution in [-0.2, 0) is 0 Å². The molecule has 1 aromatic heterocycles. The van der Waals surface area contributed by atoms with Gasteiger partial charge in [-0.2, -0.15) is 5.26 Å². The molecule has 106 valence electrons. The van der Waals surface area contributed by atoms with Crippen molar-refractivity contribution in [2.75, 3.05) is 0 Å². The summed E-state index contributed by atoms with van der Waals surface area (Å²) in [4.78, 5) is 0. The Bertz CT molecular complexity index is 750. The molecule has 1 aromatic carbocycles. The molecule has 0 atom stereocenters. The second-order valence-electron chi connectivity index (χ2n) is 5.36. The average molecular weight is 277 g/mol. The second kappa shape index (κ2) is 5.80. The van der Waals surface area contributed by atoms with E-state index in [2.05, 4.69) is 43.5 Å². The molecule has 0 bridgehead atoms. The molecule has 0 aliphatic heterocycles. The molecule has 1 N–H and O–H groups in total. The van der Waals surface area contributed by atoms with E-state index in [1.54, 1.807) is 6.08 Å². The van der Waals surface area contributed by atoms with Crippen molar-refractivity contribution < 1.29 is 0 Å². The first-order chi connectivity index (χ1) is 9.96. The maximum atomic E-state index is 8.97. The SMILES string of the molecule is Cc1cc(C)cc(-n2c(C)cc(/C=C(/C#N)C=N)c2C)c1. The van der Waals surface area contributed by atoms with Gasteiger partial charge in [0.05, 0.1) is 5.57 Å². The standard InChI is InChI=1S/C18H19N3/c1-12-5-13(2)7-18(6-12)21-14(3)8-17(15(21)4)9-16(10-19)11-20/h5-10,19H,1-4H3/b16-9+,19-10?. The fourth-order valence-corrected chi connectivity index (χ4v) is 2.68. The van der Waals surface area contributed by atoms with E-state index >= 15 is 0 Å². The molecule has 0 aliphatic carbocycles. The minimum atomic E-state index is 0.357. The van der Waals surface area contributed by atoms with Crippen LogP contribution >= 0.6 is 0 Å². The van der Waals surface area contributed by atoms with Gasteiger partial charge in [-0.05, 0) is 68.7 Å². The summed E-state index contributed by atoms with van der Waals surface area (Å²) in [5, 5.41) is 16.2. The summed E-state index contributed by atoms with van der Waals surface area (Å²) in [6.07, 6.45) is 2.84. The minimum Gasteiger partial charge on any atom is -0.318 e. The van der Waals surface area contributed by atoms with Crippen molar-refractivity contribution in [3.63, 3.8) is 0 Å². The number of aryl methyl sites for hydroxylation is 3. The maximum absolute atomic E-state index is 8.97. The van der Waals surface area contributed by atoms with Crippen LogP contribution in [0, 0.1) is 44.4 Å². The number of nitriles is 1. The predicted octanol–water partition coefficient (Wildman–Crippen LogP) is 4.27. The van der Waals surface area contributed by atoms with Gasteiger partial charge in [-0.3, -0.25) is 0 Å². The van der Waals surface area contributed by atoms with Crippen LogP contribution in [0.4, 0.5) is 0 Å². The Morgan fingerprint density at radius 2 is 1.71 bits per heavy atom. The first-order valence-electron chi connectivity index (χ1n) is 6.86. The Hall–Kier alpha value is -2.60. The van der Waals surface area contributed by atoms with Crippen LogP contribution < -0.4 is 0 Å². The van der Waals surface area contributed by atoms with E-state index < -0.39 is 0 Å². The van der Waals surface area contributed by atoms with E-state index in [0.717, 1.165) is 28.9 Å².